The van der Waals surface area contributed by atoms with Gasteiger partial charge >= 0.3 is 0 Å². The highest BCUT2D eigenvalue weighted by molar-refractivity contribution is 5.29. The molecule has 0 unspecified atom stereocenters. The first-order valence-corrected chi connectivity index (χ1v) is 8.52. The molecule has 124 valence electrons. The van der Waals surface area contributed by atoms with Gasteiger partial charge in [0.05, 0.1) is 13.2 Å². The lowest BCUT2D eigenvalue weighted by Gasteiger charge is -2.10. The van der Waals surface area contributed by atoms with E-state index in [2.05, 4.69) is 52.0 Å². The van der Waals surface area contributed by atoms with Gasteiger partial charge in [0.1, 0.15) is 11.5 Å². The van der Waals surface area contributed by atoms with Crippen LogP contribution in [0.25, 0.3) is 0 Å². The van der Waals surface area contributed by atoms with E-state index in [1.54, 1.807) is 0 Å². The van der Waals surface area contributed by atoms with Gasteiger partial charge in [-0.15, -0.1) is 0 Å². The maximum absolute atomic E-state index is 5.75. The highest BCUT2D eigenvalue weighted by atomic mass is 16.5. The fraction of sp³-hybridized carbons (Fsp3) is 0.429. The zero-order valence-electron chi connectivity index (χ0n) is 14.7. The Morgan fingerprint density at radius 3 is 1.26 bits per heavy atom. The van der Waals surface area contributed by atoms with Crippen LogP contribution >= 0.6 is 0 Å². The Morgan fingerprint density at radius 1 is 0.609 bits per heavy atom. The van der Waals surface area contributed by atoms with Crippen LogP contribution in [-0.4, -0.2) is 13.2 Å². The van der Waals surface area contributed by atoms with E-state index in [0.29, 0.717) is 25.0 Å². The molecule has 0 amide bonds. The van der Waals surface area contributed by atoms with Crippen LogP contribution in [0.5, 0.6) is 11.5 Å². The maximum atomic E-state index is 5.75. The Bertz CT molecular complexity index is 514. The second-order valence-electron chi connectivity index (χ2n) is 6.50. The van der Waals surface area contributed by atoms with Gasteiger partial charge in [0.2, 0.25) is 0 Å². The number of ether oxygens (including phenoxy) is 2. The fourth-order valence-electron chi connectivity index (χ4n) is 2.34. The molecule has 2 aromatic rings. The lowest BCUT2D eigenvalue weighted by atomic mass is 10.0. The van der Waals surface area contributed by atoms with Crippen molar-refractivity contribution in [2.45, 2.75) is 46.0 Å². The topological polar surface area (TPSA) is 18.5 Å². The average molecular weight is 312 g/mol. The van der Waals surface area contributed by atoms with Gasteiger partial charge < -0.3 is 9.47 Å². The molecule has 0 N–H and O–H groups in total. The van der Waals surface area contributed by atoms with Gasteiger partial charge in [-0.25, -0.2) is 0 Å². The van der Waals surface area contributed by atoms with Gasteiger partial charge in [-0.2, -0.15) is 0 Å². The molecule has 23 heavy (non-hydrogen) atoms. The minimum absolute atomic E-state index is 0.555. The van der Waals surface area contributed by atoms with Crippen LogP contribution in [0.15, 0.2) is 48.5 Å². The summed E-state index contributed by atoms with van der Waals surface area (Å²) in [7, 11) is 0. The molecule has 0 aliphatic carbocycles. The standard InChI is InChI=1S/C21H28O2/c1-16(2)18-6-10-20(11-7-18)22-14-5-15-23-21-12-8-19(9-13-21)17(3)4/h6-13,16-17H,5,14-15H2,1-4H3. The molecule has 0 spiro atoms. The molecule has 0 radical (unpaired) electrons. The molecule has 0 saturated heterocycles. The molecule has 2 nitrogen and oxygen atoms in total. The highest BCUT2D eigenvalue weighted by Gasteiger charge is 2.01. The summed E-state index contributed by atoms with van der Waals surface area (Å²) in [6.07, 6.45) is 0.873. The van der Waals surface area contributed by atoms with Gasteiger partial charge in [0.25, 0.3) is 0 Å². The summed E-state index contributed by atoms with van der Waals surface area (Å²) >= 11 is 0. The quantitative estimate of drug-likeness (QED) is 0.575. The first-order valence-electron chi connectivity index (χ1n) is 8.52. The minimum atomic E-state index is 0.555. The van der Waals surface area contributed by atoms with Crippen LogP contribution < -0.4 is 9.47 Å². The number of hydrogen-bond acceptors (Lipinski definition) is 2. The van der Waals surface area contributed by atoms with E-state index in [1.807, 2.05) is 24.3 Å². The summed E-state index contributed by atoms with van der Waals surface area (Å²) in [5.74, 6) is 2.96. The van der Waals surface area contributed by atoms with Gasteiger partial charge in [-0.3, -0.25) is 0 Å². The SMILES string of the molecule is CC(C)c1ccc(OCCCOc2ccc(C(C)C)cc2)cc1. The molecule has 0 atom stereocenters. The third-order valence-corrected chi connectivity index (χ3v) is 3.92. The van der Waals surface area contributed by atoms with Crippen molar-refractivity contribution < 1.29 is 9.47 Å². The second kappa shape index (κ2) is 8.61. The summed E-state index contributed by atoms with van der Waals surface area (Å²) in [4.78, 5) is 0. The van der Waals surface area contributed by atoms with E-state index in [9.17, 15) is 0 Å². The Kier molecular flexibility index (Phi) is 6.52. The van der Waals surface area contributed by atoms with Crippen LogP contribution in [0, 0.1) is 0 Å². The number of hydrogen-bond donors (Lipinski definition) is 0. The Balaban J connectivity index is 1.67. The van der Waals surface area contributed by atoms with Crippen LogP contribution in [0.3, 0.4) is 0 Å². The number of benzene rings is 2. The third kappa shape index (κ3) is 5.63. The van der Waals surface area contributed by atoms with Crippen molar-refractivity contribution in [2.24, 2.45) is 0 Å². The molecule has 0 aromatic heterocycles. The first kappa shape index (κ1) is 17.4. The monoisotopic (exact) mass is 312 g/mol. The van der Waals surface area contributed by atoms with Gasteiger partial charge in [-0.05, 0) is 47.2 Å². The van der Waals surface area contributed by atoms with E-state index in [0.717, 1.165) is 17.9 Å². The zero-order valence-corrected chi connectivity index (χ0v) is 14.7. The van der Waals surface area contributed by atoms with Crippen molar-refractivity contribution in [1.82, 2.24) is 0 Å². The van der Waals surface area contributed by atoms with E-state index < -0.39 is 0 Å². The summed E-state index contributed by atoms with van der Waals surface area (Å²) in [6, 6.07) is 16.7. The van der Waals surface area contributed by atoms with Crippen molar-refractivity contribution >= 4 is 0 Å². The Hall–Kier alpha value is -1.96. The van der Waals surface area contributed by atoms with Gasteiger partial charge in [-0.1, -0.05) is 52.0 Å². The molecular formula is C21H28O2. The van der Waals surface area contributed by atoms with Gasteiger partial charge in [0.15, 0.2) is 0 Å². The molecule has 0 saturated carbocycles. The summed E-state index contributed by atoms with van der Waals surface area (Å²) < 4.78 is 11.5. The lowest BCUT2D eigenvalue weighted by Crippen LogP contribution is -2.05. The molecule has 0 fully saturated rings. The van der Waals surface area contributed by atoms with Crippen LogP contribution in [0.4, 0.5) is 0 Å². The molecule has 0 heterocycles. The molecule has 0 aliphatic rings. The van der Waals surface area contributed by atoms with E-state index in [-0.39, 0.29) is 0 Å². The Morgan fingerprint density at radius 2 is 0.957 bits per heavy atom. The highest BCUT2D eigenvalue weighted by Crippen LogP contribution is 2.20. The Labute approximate surface area is 140 Å². The maximum Gasteiger partial charge on any atom is 0.119 e. The average Bonchev–Trinajstić information content (AvgIpc) is 2.55. The number of rotatable bonds is 8. The predicted octanol–water partition coefficient (Wildman–Crippen LogP) is 5.78. The van der Waals surface area contributed by atoms with E-state index in [1.165, 1.54) is 11.1 Å². The van der Waals surface area contributed by atoms with E-state index in [4.69, 9.17) is 9.47 Å². The zero-order chi connectivity index (χ0) is 16.7. The summed E-state index contributed by atoms with van der Waals surface area (Å²) in [5.41, 5.74) is 2.68. The molecule has 0 bridgehead atoms. The summed E-state index contributed by atoms with van der Waals surface area (Å²) in [5, 5.41) is 0. The van der Waals surface area contributed by atoms with Crippen molar-refractivity contribution in [3.8, 4) is 11.5 Å². The van der Waals surface area contributed by atoms with Crippen LogP contribution in [-0.2, 0) is 0 Å². The van der Waals surface area contributed by atoms with Crippen molar-refractivity contribution in [3.05, 3.63) is 59.7 Å². The van der Waals surface area contributed by atoms with Gasteiger partial charge in [0, 0.05) is 6.42 Å². The second-order valence-corrected chi connectivity index (χ2v) is 6.50. The molecule has 2 rings (SSSR count). The predicted molar refractivity (Wildman–Crippen MR) is 96.7 cm³/mol. The normalized spacial score (nSPS) is 11.0. The van der Waals surface area contributed by atoms with E-state index >= 15 is 0 Å². The molecule has 0 aliphatic heterocycles. The van der Waals surface area contributed by atoms with Crippen LogP contribution in [0.2, 0.25) is 0 Å². The lowest BCUT2D eigenvalue weighted by molar-refractivity contribution is 0.247. The molecular weight excluding hydrogens is 284 g/mol. The van der Waals surface area contributed by atoms with Crippen LogP contribution in [0.1, 0.15) is 57.1 Å². The largest absolute Gasteiger partial charge is 0.493 e. The van der Waals surface area contributed by atoms with Crippen molar-refractivity contribution in [1.29, 1.82) is 0 Å². The molecule has 2 aromatic carbocycles. The molecule has 2 heteroatoms. The fourth-order valence-corrected chi connectivity index (χ4v) is 2.34. The smallest absolute Gasteiger partial charge is 0.119 e. The minimum Gasteiger partial charge on any atom is -0.493 e. The summed E-state index contributed by atoms with van der Waals surface area (Å²) in [6.45, 7) is 10.1. The van der Waals surface area contributed by atoms with Crippen molar-refractivity contribution in [2.75, 3.05) is 13.2 Å². The van der Waals surface area contributed by atoms with Crippen molar-refractivity contribution in [3.63, 3.8) is 0 Å². The third-order valence-electron chi connectivity index (χ3n) is 3.92. The first-order chi connectivity index (χ1) is 11.1.